The third-order valence-corrected chi connectivity index (χ3v) is 3.89. The topological polar surface area (TPSA) is 125 Å². The number of benzene rings is 1. The summed E-state index contributed by atoms with van der Waals surface area (Å²) in [5, 5.41) is 13.2. The van der Waals surface area contributed by atoms with E-state index in [1.165, 1.54) is 7.11 Å². The summed E-state index contributed by atoms with van der Waals surface area (Å²) in [6, 6.07) is 6.49. The number of hydrogen-bond donors (Lipinski definition) is 1. The van der Waals surface area contributed by atoms with Crippen LogP contribution < -0.4 is 0 Å². The number of azide groups is 1. The summed E-state index contributed by atoms with van der Waals surface area (Å²) in [4.78, 5) is 30.9. The van der Waals surface area contributed by atoms with Crippen LogP contribution in [0.15, 0.2) is 45.6 Å². The summed E-state index contributed by atoms with van der Waals surface area (Å²) in [5.41, 5.74) is 10.5. The summed E-state index contributed by atoms with van der Waals surface area (Å²) in [7, 11) is 1.23. The van der Waals surface area contributed by atoms with E-state index in [4.69, 9.17) is 10.3 Å². The van der Waals surface area contributed by atoms with Crippen molar-refractivity contribution in [3.05, 3.63) is 51.5 Å². The SMILES string of the molecule is COC(=O)C1=C(C)N=C(C)C(C(=O)O)C1c1cccc(N=[N+]=[N-])c1. The first kappa shape index (κ1) is 17.2. The van der Waals surface area contributed by atoms with Crippen molar-refractivity contribution in [2.45, 2.75) is 19.8 Å². The van der Waals surface area contributed by atoms with E-state index < -0.39 is 23.8 Å². The number of aliphatic carboxylic acids is 1. The molecule has 1 aromatic carbocycles. The van der Waals surface area contributed by atoms with Gasteiger partial charge >= 0.3 is 11.9 Å². The highest BCUT2D eigenvalue weighted by Gasteiger charge is 2.41. The van der Waals surface area contributed by atoms with Gasteiger partial charge in [-0.1, -0.05) is 23.3 Å². The van der Waals surface area contributed by atoms with Gasteiger partial charge in [0.15, 0.2) is 0 Å². The van der Waals surface area contributed by atoms with Gasteiger partial charge in [0, 0.05) is 27.9 Å². The van der Waals surface area contributed by atoms with E-state index in [1.54, 1.807) is 38.1 Å². The second-order valence-corrected chi connectivity index (χ2v) is 5.32. The summed E-state index contributed by atoms with van der Waals surface area (Å²) in [6.07, 6.45) is 0. The fourth-order valence-corrected chi connectivity index (χ4v) is 2.92. The maximum Gasteiger partial charge on any atom is 0.336 e. The monoisotopic (exact) mass is 328 g/mol. The van der Waals surface area contributed by atoms with Gasteiger partial charge in [0.05, 0.1) is 12.7 Å². The summed E-state index contributed by atoms with van der Waals surface area (Å²) >= 11 is 0. The highest BCUT2D eigenvalue weighted by Crippen LogP contribution is 2.40. The van der Waals surface area contributed by atoms with Crippen LogP contribution in [0.5, 0.6) is 0 Å². The number of carboxylic acids is 1. The van der Waals surface area contributed by atoms with E-state index in [2.05, 4.69) is 15.0 Å². The number of ether oxygens (including phenoxy) is 1. The third kappa shape index (κ3) is 3.13. The van der Waals surface area contributed by atoms with Gasteiger partial charge in [-0.25, -0.2) is 4.79 Å². The molecule has 0 aliphatic carbocycles. The van der Waals surface area contributed by atoms with Crippen LogP contribution in [0.25, 0.3) is 10.4 Å². The minimum absolute atomic E-state index is 0.189. The van der Waals surface area contributed by atoms with E-state index in [1.807, 2.05) is 0 Å². The van der Waals surface area contributed by atoms with Gasteiger partial charge in [-0.05, 0) is 31.0 Å². The number of methoxy groups -OCH3 is 1. The van der Waals surface area contributed by atoms with Gasteiger partial charge in [-0.15, -0.1) is 0 Å². The molecule has 0 spiro atoms. The molecule has 1 heterocycles. The first-order chi connectivity index (χ1) is 11.4. The maximum atomic E-state index is 12.2. The second kappa shape index (κ2) is 6.97. The summed E-state index contributed by atoms with van der Waals surface area (Å²) in [5.74, 6) is -3.51. The van der Waals surface area contributed by atoms with Gasteiger partial charge in [0.25, 0.3) is 0 Å². The molecule has 124 valence electrons. The molecule has 0 bridgehead atoms. The Morgan fingerprint density at radius 2 is 2.08 bits per heavy atom. The molecule has 1 N–H and O–H groups in total. The smallest absolute Gasteiger partial charge is 0.336 e. The average Bonchev–Trinajstić information content (AvgIpc) is 2.53. The molecular formula is C16H16N4O4. The Morgan fingerprint density at radius 1 is 1.38 bits per heavy atom. The predicted octanol–water partition coefficient (Wildman–Crippen LogP) is 3.33. The summed E-state index contributed by atoms with van der Waals surface area (Å²) < 4.78 is 4.81. The van der Waals surface area contributed by atoms with Crippen LogP contribution in [0.3, 0.4) is 0 Å². The Morgan fingerprint density at radius 3 is 2.67 bits per heavy atom. The molecule has 2 atom stereocenters. The quantitative estimate of drug-likeness (QED) is 0.394. The zero-order chi connectivity index (χ0) is 17.9. The van der Waals surface area contributed by atoms with E-state index in [0.29, 0.717) is 22.7 Å². The molecule has 2 unspecified atom stereocenters. The van der Waals surface area contributed by atoms with Crippen LogP contribution in [-0.2, 0) is 14.3 Å². The van der Waals surface area contributed by atoms with E-state index >= 15 is 0 Å². The van der Waals surface area contributed by atoms with Crippen LogP contribution in [0.2, 0.25) is 0 Å². The van der Waals surface area contributed by atoms with Crippen LogP contribution in [-0.4, -0.2) is 29.9 Å². The molecule has 1 aromatic rings. The molecule has 0 fully saturated rings. The zero-order valence-corrected chi connectivity index (χ0v) is 13.4. The fraction of sp³-hybridized carbons (Fsp3) is 0.312. The molecule has 0 radical (unpaired) electrons. The highest BCUT2D eigenvalue weighted by molar-refractivity contribution is 6.06. The predicted molar refractivity (Wildman–Crippen MR) is 86.9 cm³/mol. The number of esters is 1. The lowest BCUT2D eigenvalue weighted by molar-refractivity contribution is -0.140. The Kier molecular flexibility index (Phi) is 5.01. The fourth-order valence-electron chi connectivity index (χ4n) is 2.92. The van der Waals surface area contributed by atoms with Crippen molar-refractivity contribution in [1.82, 2.24) is 0 Å². The van der Waals surface area contributed by atoms with Crippen LogP contribution in [0.1, 0.15) is 25.3 Å². The van der Waals surface area contributed by atoms with Crippen molar-refractivity contribution in [2.75, 3.05) is 7.11 Å². The van der Waals surface area contributed by atoms with Crippen LogP contribution >= 0.6 is 0 Å². The average molecular weight is 328 g/mol. The van der Waals surface area contributed by atoms with Crippen molar-refractivity contribution in [1.29, 1.82) is 0 Å². The van der Waals surface area contributed by atoms with E-state index in [0.717, 1.165) is 0 Å². The van der Waals surface area contributed by atoms with Crippen molar-refractivity contribution in [3.8, 4) is 0 Å². The number of aliphatic imine (C=N–C) groups is 1. The van der Waals surface area contributed by atoms with Crippen molar-refractivity contribution < 1.29 is 19.4 Å². The van der Waals surface area contributed by atoms with Crippen LogP contribution in [0, 0.1) is 5.92 Å². The number of carbonyl (C=O) groups excluding carboxylic acids is 1. The molecule has 24 heavy (non-hydrogen) atoms. The molecule has 0 saturated heterocycles. The standard InChI is InChI=1S/C16H16N4O4/c1-8-12(15(21)22)14(13(9(2)18-8)16(23)24-3)10-5-4-6-11(7-10)19-20-17/h4-7,12,14H,1-3H3,(H,21,22). The zero-order valence-electron chi connectivity index (χ0n) is 13.4. The minimum Gasteiger partial charge on any atom is -0.481 e. The molecule has 2 rings (SSSR count). The van der Waals surface area contributed by atoms with Gasteiger partial charge in [-0.2, -0.15) is 0 Å². The highest BCUT2D eigenvalue weighted by atomic mass is 16.5. The number of carboxylic acid groups (broad SMARTS) is 1. The summed E-state index contributed by atoms with van der Waals surface area (Å²) in [6.45, 7) is 3.25. The van der Waals surface area contributed by atoms with Gasteiger partial charge in [0.2, 0.25) is 0 Å². The second-order valence-electron chi connectivity index (χ2n) is 5.32. The molecule has 8 heteroatoms. The van der Waals surface area contributed by atoms with Gasteiger partial charge < -0.3 is 9.84 Å². The number of nitrogens with zero attached hydrogens (tertiary/aromatic N) is 4. The number of rotatable bonds is 4. The van der Waals surface area contributed by atoms with Gasteiger partial charge in [0.1, 0.15) is 5.92 Å². The van der Waals surface area contributed by atoms with Crippen LogP contribution in [0.4, 0.5) is 5.69 Å². The Bertz CT molecular complexity index is 806. The van der Waals surface area contributed by atoms with Crippen molar-refractivity contribution in [2.24, 2.45) is 16.0 Å². The number of hydrogen-bond acceptors (Lipinski definition) is 5. The lowest BCUT2D eigenvalue weighted by Crippen LogP contribution is -2.35. The lowest BCUT2D eigenvalue weighted by Gasteiger charge is -2.30. The molecule has 1 aliphatic rings. The lowest BCUT2D eigenvalue weighted by atomic mass is 9.75. The Hall–Kier alpha value is -3.12. The maximum absolute atomic E-state index is 12.2. The third-order valence-electron chi connectivity index (χ3n) is 3.89. The molecule has 1 aliphatic heterocycles. The number of carbonyl (C=O) groups is 2. The molecule has 0 saturated carbocycles. The first-order valence-corrected chi connectivity index (χ1v) is 7.12. The van der Waals surface area contributed by atoms with Crippen molar-refractivity contribution in [3.63, 3.8) is 0 Å². The van der Waals surface area contributed by atoms with Crippen molar-refractivity contribution >= 4 is 23.3 Å². The minimum atomic E-state index is -1.09. The normalized spacial score (nSPS) is 20.0. The van der Waals surface area contributed by atoms with Gasteiger partial charge in [-0.3, -0.25) is 9.79 Å². The molecule has 0 aromatic heterocycles. The molecule has 8 nitrogen and oxygen atoms in total. The number of allylic oxidation sites excluding steroid dienone is 1. The molecular weight excluding hydrogens is 312 g/mol. The van der Waals surface area contributed by atoms with E-state index in [9.17, 15) is 14.7 Å². The Balaban J connectivity index is 2.69. The van der Waals surface area contributed by atoms with E-state index in [-0.39, 0.29) is 5.57 Å². The first-order valence-electron chi connectivity index (χ1n) is 7.12. The largest absolute Gasteiger partial charge is 0.481 e. The molecule has 0 amide bonds. The Labute approximate surface area is 138 Å².